The fourth-order valence-corrected chi connectivity index (χ4v) is 3.15. The van der Waals surface area contributed by atoms with Crippen molar-refractivity contribution in [2.45, 2.75) is 26.3 Å². The molecule has 1 aliphatic heterocycles. The molecule has 24 heavy (non-hydrogen) atoms. The van der Waals surface area contributed by atoms with E-state index < -0.39 is 0 Å². The number of rotatable bonds is 4. The van der Waals surface area contributed by atoms with Crippen LogP contribution >= 0.6 is 0 Å². The number of aromatic nitrogens is 2. The van der Waals surface area contributed by atoms with E-state index in [1.54, 1.807) is 12.4 Å². The van der Waals surface area contributed by atoms with Gasteiger partial charge in [-0.1, -0.05) is 0 Å². The number of fused-ring (bicyclic) bond motifs is 1. The summed E-state index contributed by atoms with van der Waals surface area (Å²) in [6.07, 6.45) is 4.00. The standard InChI is InChI=1S/C18H19FN4O/c1-12-14-8-13(19)4-5-15(14)24-16(12)10-20-17-9-18(22-11-21-17)23-6-2-3-7-23/h4-5,8-9,11H,2-3,6-7,10H2,1H3,(H,20,21,22). The third-order valence-electron chi connectivity index (χ3n) is 4.51. The van der Waals surface area contributed by atoms with Gasteiger partial charge in [0.1, 0.15) is 35.1 Å². The Hall–Kier alpha value is -2.63. The van der Waals surface area contributed by atoms with Gasteiger partial charge < -0.3 is 14.6 Å². The van der Waals surface area contributed by atoms with Crippen molar-refractivity contribution in [1.29, 1.82) is 0 Å². The van der Waals surface area contributed by atoms with Crippen molar-refractivity contribution in [3.05, 3.63) is 47.7 Å². The number of furan rings is 1. The Kier molecular flexibility index (Phi) is 3.80. The lowest BCUT2D eigenvalue weighted by molar-refractivity contribution is 0.554. The summed E-state index contributed by atoms with van der Waals surface area (Å²) in [7, 11) is 0. The lowest BCUT2D eigenvalue weighted by Crippen LogP contribution is -2.19. The largest absolute Gasteiger partial charge is 0.459 e. The van der Waals surface area contributed by atoms with Crippen molar-refractivity contribution >= 4 is 22.6 Å². The molecule has 2 aromatic heterocycles. The van der Waals surface area contributed by atoms with Crippen molar-refractivity contribution in [3.63, 3.8) is 0 Å². The van der Waals surface area contributed by atoms with E-state index >= 15 is 0 Å². The first kappa shape index (κ1) is 14.9. The number of benzene rings is 1. The van der Waals surface area contributed by atoms with Gasteiger partial charge in [0.05, 0.1) is 6.54 Å². The van der Waals surface area contributed by atoms with E-state index in [2.05, 4.69) is 20.2 Å². The maximum Gasteiger partial charge on any atom is 0.134 e. The highest BCUT2D eigenvalue weighted by atomic mass is 19.1. The van der Waals surface area contributed by atoms with Crippen LogP contribution in [0, 0.1) is 12.7 Å². The summed E-state index contributed by atoms with van der Waals surface area (Å²) in [6, 6.07) is 6.55. The number of hydrogen-bond acceptors (Lipinski definition) is 5. The van der Waals surface area contributed by atoms with Crippen LogP contribution in [0.4, 0.5) is 16.0 Å². The van der Waals surface area contributed by atoms with Crippen molar-refractivity contribution in [2.24, 2.45) is 0 Å². The van der Waals surface area contributed by atoms with Gasteiger partial charge >= 0.3 is 0 Å². The highest BCUT2D eigenvalue weighted by Gasteiger charge is 2.15. The average molecular weight is 326 g/mol. The molecule has 1 N–H and O–H groups in total. The first-order valence-electron chi connectivity index (χ1n) is 8.19. The lowest BCUT2D eigenvalue weighted by atomic mass is 10.1. The average Bonchev–Trinajstić information content (AvgIpc) is 3.23. The predicted molar refractivity (Wildman–Crippen MR) is 91.7 cm³/mol. The Labute approximate surface area is 139 Å². The summed E-state index contributed by atoms with van der Waals surface area (Å²) >= 11 is 0. The molecule has 0 amide bonds. The van der Waals surface area contributed by atoms with E-state index in [4.69, 9.17) is 4.42 Å². The van der Waals surface area contributed by atoms with Gasteiger partial charge in [0.2, 0.25) is 0 Å². The fraction of sp³-hybridized carbons (Fsp3) is 0.333. The number of hydrogen-bond donors (Lipinski definition) is 1. The quantitative estimate of drug-likeness (QED) is 0.788. The van der Waals surface area contributed by atoms with E-state index in [0.717, 1.165) is 41.4 Å². The van der Waals surface area contributed by atoms with Crippen LogP contribution < -0.4 is 10.2 Å². The third-order valence-corrected chi connectivity index (χ3v) is 4.51. The molecule has 5 nitrogen and oxygen atoms in total. The molecule has 0 bridgehead atoms. The van der Waals surface area contributed by atoms with Gasteiger partial charge in [-0.05, 0) is 38.0 Å². The topological polar surface area (TPSA) is 54.2 Å². The van der Waals surface area contributed by atoms with Crippen molar-refractivity contribution in [1.82, 2.24) is 9.97 Å². The molecule has 1 aliphatic rings. The van der Waals surface area contributed by atoms with Crippen molar-refractivity contribution in [3.8, 4) is 0 Å². The second-order valence-corrected chi connectivity index (χ2v) is 6.10. The SMILES string of the molecule is Cc1c(CNc2cc(N3CCCC3)ncn2)oc2ccc(F)cc12. The molecule has 124 valence electrons. The molecule has 1 fully saturated rings. The molecular formula is C18H19FN4O. The summed E-state index contributed by atoms with van der Waals surface area (Å²) in [4.78, 5) is 10.9. The van der Waals surface area contributed by atoms with Gasteiger partial charge in [0.15, 0.2) is 0 Å². The molecule has 0 saturated carbocycles. The van der Waals surface area contributed by atoms with Crippen LogP contribution in [0.1, 0.15) is 24.2 Å². The zero-order valence-electron chi connectivity index (χ0n) is 13.6. The maximum absolute atomic E-state index is 13.4. The first-order chi connectivity index (χ1) is 11.7. The molecule has 0 atom stereocenters. The smallest absolute Gasteiger partial charge is 0.134 e. The highest BCUT2D eigenvalue weighted by molar-refractivity contribution is 5.82. The van der Waals surface area contributed by atoms with E-state index in [0.29, 0.717) is 12.1 Å². The summed E-state index contributed by atoms with van der Waals surface area (Å²) in [5.41, 5.74) is 1.65. The molecule has 1 aromatic carbocycles. The van der Waals surface area contributed by atoms with E-state index in [1.165, 1.54) is 25.0 Å². The Balaban J connectivity index is 1.52. The molecule has 0 spiro atoms. The van der Waals surface area contributed by atoms with Crippen LogP contribution in [-0.4, -0.2) is 23.1 Å². The molecule has 0 radical (unpaired) electrons. The van der Waals surface area contributed by atoms with Gasteiger partial charge in [-0.25, -0.2) is 14.4 Å². The minimum absolute atomic E-state index is 0.253. The Morgan fingerprint density at radius 1 is 1.21 bits per heavy atom. The normalized spacial score (nSPS) is 14.5. The minimum Gasteiger partial charge on any atom is -0.459 e. The third kappa shape index (κ3) is 2.79. The van der Waals surface area contributed by atoms with Crippen LogP contribution in [-0.2, 0) is 6.54 Å². The molecule has 4 rings (SSSR count). The van der Waals surface area contributed by atoms with Crippen molar-refractivity contribution in [2.75, 3.05) is 23.3 Å². The summed E-state index contributed by atoms with van der Waals surface area (Å²) in [5, 5.41) is 4.09. The Bertz CT molecular complexity index is 871. The van der Waals surface area contributed by atoms with Crippen LogP contribution in [0.25, 0.3) is 11.0 Å². The summed E-state index contributed by atoms with van der Waals surface area (Å²) < 4.78 is 19.2. The van der Waals surface area contributed by atoms with Crippen molar-refractivity contribution < 1.29 is 8.81 Å². The van der Waals surface area contributed by atoms with E-state index in [9.17, 15) is 4.39 Å². The van der Waals surface area contributed by atoms with Crippen LogP contribution in [0.2, 0.25) is 0 Å². The Morgan fingerprint density at radius 2 is 2.04 bits per heavy atom. The first-order valence-corrected chi connectivity index (χ1v) is 8.19. The zero-order valence-corrected chi connectivity index (χ0v) is 13.6. The number of aryl methyl sites for hydroxylation is 1. The van der Waals surface area contributed by atoms with Gasteiger partial charge in [-0.3, -0.25) is 0 Å². The van der Waals surface area contributed by atoms with Crippen LogP contribution in [0.15, 0.2) is 35.0 Å². The molecular weight excluding hydrogens is 307 g/mol. The van der Waals surface area contributed by atoms with Gasteiger partial charge in [0, 0.05) is 30.1 Å². The minimum atomic E-state index is -0.253. The second-order valence-electron chi connectivity index (χ2n) is 6.10. The monoisotopic (exact) mass is 326 g/mol. The number of nitrogens with zero attached hydrogens (tertiary/aromatic N) is 3. The zero-order chi connectivity index (χ0) is 16.5. The maximum atomic E-state index is 13.4. The fourth-order valence-electron chi connectivity index (χ4n) is 3.15. The number of halogens is 1. The molecule has 1 saturated heterocycles. The number of anilines is 2. The second kappa shape index (κ2) is 6.11. The number of nitrogens with one attached hydrogen (secondary N) is 1. The summed E-state index contributed by atoms with van der Waals surface area (Å²) in [5.74, 6) is 2.25. The van der Waals surface area contributed by atoms with Gasteiger partial charge in [0.25, 0.3) is 0 Å². The van der Waals surface area contributed by atoms with E-state index in [1.807, 2.05) is 13.0 Å². The molecule has 3 aromatic rings. The molecule has 0 aliphatic carbocycles. The van der Waals surface area contributed by atoms with Crippen LogP contribution in [0.5, 0.6) is 0 Å². The van der Waals surface area contributed by atoms with E-state index in [-0.39, 0.29) is 5.82 Å². The highest BCUT2D eigenvalue weighted by Crippen LogP contribution is 2.27. The summed E-state index contributed by atoms with van der Waals surface area (Å²) in [6.45, 7) is 4.53. The van der Waals surface area contributed by atoms with Crippen LogP contribution in [0.3, 0.4) is 0 Å². The van der Waals surface area contributed by atoms with Gasteiger partial charge in [-0.15, -0.1) is 0 Å². The van der Waals surface area contributed by atoms with Gasteiger partial charge in [-0.2, -0.15) is 0 Å². The predicted octanol–water partition coefficient (Wildman–Crippen LogP) is 3.88. The Morgan fingerprint density at radius 3 is 2.88 bits per heavy atom. The molecule has 6 heteroatoms. The molecule has 0 unspecified atom stereocenters. The lowest BCUT2D eigenvalue weighted by Gasteiger charge is -2.16. The molecule has 3 heterocycles.